The molecule has 1 atom stereocenters. The zero-order valence-corrected chi connectivity index (χ0v) is 15.2. The third-order valence-electron chi connectivity index (χ3n) is 5.70. The smallest absolute Gasteiger partial charge is 0.220 e. The molecule has 0 bridgehead atoms. The molecule has 0 radical (unpaired) electrons. The maximum atomic E-state index is 12.3. The maximum absolute atomic E-state index is 12.3. The van der Waals surface area contributed by atoms with E-state index >= 15 is 0 Å². The van der Waals surface area contributed by atoms with E-state index in [0.717, 1.165) is 44.5 Å². The van der Waals surface area contributed by atoms with Gasteiger partial charge in [-0.25, -0.2) is 0 Å². The van der Waals surface area contributed by atoms with Crippen molar-refractivity contribution in [2.75, 3.05) is 13.1 Å². The van der Waals surface area contributed by atoms with Gasteiger partial charge < -0.3 is 5.32 Å². The van der Waals surface area contributed by atoms with Crippen LogP contribution in [-0.4, -0.2) is 41.0 Å². The molecule has 1 fully saturated rings. The molecular weight excluding hydrogens is 322 g/mol. The molecule has 2 aromatic rings. The molecule has 4 heteroatoms. The molecule has 26 heavy (non-hydrogen) atoms. The topological polar surface area (TPSA) is 45.2 Å². The van der Waals surface area contributed by atoms with Crippen LogP contribution in [0.15, 0.2) is 48.7 Å². The second-order valence-electron chi connectivity index (χ2n) is 7.55. The lowest BCUT2D eigenvalue weighted by atomic mass is 10.0. The van der Waals surface area contributed by atoms with Crippen LogP contribution in [0.1, 0.15) is 36.1 Å². The van der Waals surface area contributed by atoms with Crippen molar-refractivity contribution in [2.24, 2.45) is 0 Å². The minimum atomic E-state index is 0.150. The van der Waals surface area contributed by atoms with Crippen molar-refractivity contribution in [1.82, 2.24) is 15.2 Å². The van der Waals surface area contributed by atoms with E-state index in [2.05, 4.69) is 39.5 Å². The molecular formula is C22H27N3O. The predicted molar refractivity (Wildman–Crippen MR) is 103 cm³/mol. The van der Waals surface area contributed by atoms with Gasteiger partial charge in [0.25, 0.3) is 0 Å². The summed E-state index contributed by atoms with van der Waals surface area (Å²) in [5.41, 5.74) is 3.98. The number of fused-ring (bicyclic) bond motifs is 1. The Labute approximate surface area is 155 Å². The van der Waals surface area contributed by atoms with E-state index < -0.39 is 0 Å². The first-order valence-electron chi connectivity index (χ1n) is 9.78. The number of carbonyl (C=O) groups excluding carboxylic acids is 1. The van der Waals surface area contributed by atoms with Crippen LogP contribution >= 0.6 is 0 Å². The average molecular weight is 349 g/mol. The summed E-state index contributed by atoms with van der Waals surface area (Å²) in [4.78, 5) is 19.2. The third kappa shape index (κ3) is 4.13. The Balaban J connectivity index is 1.27. The molecule has 1 N–H and O–H groups in total. The number of hydrogen-bond donors (Lipinski definition) is 1. The van der Waals surface area contributed by atoms with Gasteiger partial charge in [0, 0.05) is 36.9 Å². The van der Waals surface area contributed by atoms with Crippen molar-refractivity contribution in [3.8, 4) is 0 Å². The van der Waals surface area contributed by atoms with Gasteiger partial charge in [-0.05, 0) is 61.9 Å². The summed E-state index contributed by atoms with van der Waals surface area (Å²) < 4.78 is 0. The summed E-state index contributed by atoms with van der Waals surface area (Å²) in [6.07, 6.45) is 7.56. The summed E-state index contributed by atoms with van der Waals surface area (Å²) in [5.74, 6) is 0.150. The number of likely N-dealkylation sites (tertiary alicyclic amines) is 1. The Kier molecular flexibility index (Phi) is 5.30. The molecule has 0 spiro atoms. The van der Waals surface area contributed by atoms with E-state index in [1.165, 1.54) is 11.1 Å². The van der Waals surface area contributed by atoms with E-state index in [1.54, 1.807) is 6.20 Å². The van der Waals surface area contributed by atoms with Crippen LogP contribution < -0.4 is 5.32 Å². The number of nitrogens with one attached hydrogen (secondary N) is 1. The number of amides is 1. The number of carbonyl (C=O) groups is 1. The number of nitrogens with zero attached hydrogens (tertiary/aromatic N) is 2. The van der Waals surface area contributed by atoms with Gasteiger partial charge in [0.2, 0.25) is 5.91 Å². The standard InChI is InChI=1S/C22H27N3O/c26-22(11-10-19-8-3-4-12-23-19)24-20-9-5-13-25(16-20)21-14-17-6-1-2-7-18(17)15-21/h1-4,6-8,12,20-21H,5,9-11,13-16H2,(H,24,26)/t20-/m1/s1. The van der Waals surface area contributed by atoms with Crippen LogP contribution in [0.3, 0.4) is 0 Å². The number of rotatable bonds is 5. The highest BCUT2D eigenvalue weighted by atomic mass is 16.1. The molecule has 0 unspecified atom stereocenters. The summed E-state index contributed by atoms with van der Waals surface area (Å²) in [6, 6.07) is 15.5. The molecule has 1 aromatic heterocycles. The second kappa shape index (κ2) is 8.00. The minimum Gasteiger partial charge on any atom is -0.352 e. The lowest BCUT2D eigenvalue weighted by molar-refractivity contribution is -0.122. The monoisotopic (exact) mass is 349 g/mol. The molecule has 1 saturated heterocycles. The van der Waals surface area contributed by atoms with Crippen LogP contribution in [-0.2, 0) is 24.1 Å². The number of piperidine rings is 1. The number of pyridine rings is 1. The first-order valence-corrected chi connectivity index (χ1v) is 9.78. The van der Waals surface area contributed by atoms with Crippen molar-refractivity contribution >= 4 is 5.91 Å². The molecule has 0 saturated carbocycles. The van der Waals surface area contributed by atoms with E-state index in [0.29, 0.717) is 18.9 Å². The number of hydrogen-bond acceptors (Lipinski definition) is 3. The largest absolute Gasteiger partial charge is 0.352 e. The highest BCUT2D eigenvalue weighted by molar-refractivity contribution is 5.76. The number of benzene rings is 1. The molecule has 1 aliphatic carbocycles. The molecule has 136 valence electrons. The Hall–Kier alpha value is -2.20. The van der Waals surface area contributed by atoms with E-state index in [-0.39, 0.29) is 11.9 Å². The fraction of sp³-hybridized carbons (Fsp3) is 0.455. The maximum Gasteiger partial charge on any atom is 0.220 e. The molecule has 1 amide bonds. The zero-order chi connectivity index (χ0) is 17.8. The van der Waals surface area contributed by atoms with E-state index in [1.807, 2.05) is 18.2 Å². The van der Waals surface area contributed by atoms with Crippen LogP contribution in [0.5, 0.6) is 0 Å². The van der Waals surface area contributed by atoms with Crippen molar-refractivity contribution in [2.45, 2.75) is 50.6 Å². The third-order valence-corrected chi connectivity index (χ3v) is 5.70. The van der Waals surface area contributed by atoms with Gasteiger partial charge >= 0.3 is 0 Å². The van der Waals surface area contributed by atoms with Crippen molar-refractivity contribution in [1.29, 1.82) is 0 Å². The first kappa shape index (κ1) is 17.2. The summed E-state index contributed by atoms with van der Waals surface area (Å²) in [6.45, 7) is 2.13. The highest BCUT2D eigenvalue weighted by Crippen LogP contribution is 2.27. The second-order valence-corrected chi connectivity index (χ2v) is 7.55. The van der Waals surface area contributed by atoms with Gasteiger partial charge in [0.15, 0.2) is 0 Å². The van der Waals surface area contributed by atoms with Crippen LogP contribution in [0.4, 0.5) is 0 Å². The fourth-order valence-electron chi connectivity index (χ4n) is 4.34. The number of aromatic nitrogens is 1. The van der Waals surface area contributed by atoms with E-state index in [9.17, 15) is 4.79 Å². The van der Waals surface area contributed by atoms with Crippen molar-refractivity contribution in [3.63, 3.8) is 0 Å². The quantitative estimate of drug-likeness (QED) is 0.903. The van der Waals surface area contributed by atoms with Crippen LogP contribution in [0, 0.1) is 0 Å². The molecule has 4 nitrogen and oxygen atoms in total. The molecule has 4 rings (SSSR count). The summed E-state index contributed by atoms with van der Waals surface area (Å²) in [7, 11) is 0. The average Bonchev–Trinajstić information content (AvgIpc) is 3.12. The van der Waals surface area contributed by atoms with Gasteiger partial charge in [-0.3, -0.25) is 14.7 Å². The van der Waals surface area contributed by atoms with Crippen molar-refractivity contribution in [3.05, 3.63) is 65.5 Å². The lowest BCUT2D eigenvalue weighted by Gasteiger charge is -2.37. The molecule has 2 aliphatic rings. The Morgan fingerprint density at radius 2 is 1.88 bits per heavy atom. The fourth-order valence-corrected chi connectivity index (χ4v) is 4.34. The van der Waals surface area contributed by atoms with Gasteiger partial charge in [-0.2, -0.15) is 0 Å². The molecule has 1 aromatic carbocycles. The van der Waals surface area contributed by atoms with Gasteiger partial charge in [0.1, 0.15) is 0 Å². The van der Waals surface area contributed by atoms with Crippen LogP contribution in [0.25, 0.3) is 0 Å². The highest BCUT2D eigenvalue weighted by Gasteiger charge is 2.30. The summed E-state index contributed by atoms with van der Waals surface area (Å²) in [5, 5.41) is 3.26. The Morgan fingerprint density at radius 1 is 1.12 bits per heavy atom. The van der Waals surface area contributed by atoms with E-state index in [4.69, 9.17) is 0 Å². The van der Waals surface area contributed by atoms with Gasteiger partial charge in [0.05, 0.1) is 0 Å². The SMILES string of the molecule is O=C(CCc1ccccn1)N[C@@H]1CCCN(C2Cc3ccccc3C2)C1. The lowest BCUT2D eigenvalue weighted by Crippen LogP contribution is -2.51. The summed E-state index contributed by atoms with van der Waals surface area (Å²) >= 11 is 0. The normalized spacial score (nSPS) is 20.7. The minimum absolute atomic E-state index is 0.150. The zero-order valence-electron chi connectivity index (χ0n) is 15.2. The Bertz CT molecular complexity index is 721. The Morgan fingerprint density at radius 3 is 2.62 bits per heavy atom. The van der Waals surface area contributed by atoms with Crippen molar-refractivity contribution < 1.29 is 4.79 Å². The number of aryl methyl sites for hydroxylation is 1. The predicted octanol–water partition coefficient (Wildman–Crippen LogP) is 2.76. The van der Waals surface area contributed by atoms with Gasteiger partial charge in [-0.1, -0.05) is 30.3 Å². The van der Waals surface area contributed by atoms with Gasteiger partial charge in [-0.15, -0.1) is 0 Å². The molecule has 1 aliphatic heterocycles. The van der Waals surface area contributed by atoms with Crippen LogP contribution in [0.2, 0.25) is 0 Å². The molecule has 2 heterocycles. The first-order chi connectivity index (χ1) is 12.8.